The molecule has 10 heteroatoms. The SMILES string of the molecule is Cc1nc2ccccc2n(N=Nc2ccc(S(=O)(=O)Nc3ccccn3)cc2)c1=S. The summed E-state index contributed by atoms with van der Waals surface area (Å²) in [7, 11) is -3.75. The number of benzene rings is 2. The summed E-state index contributed by atoms with van der Waals surface area (Å²) in [6.45, 7) is 1.81. The maximum absolute atomic E-state index is 12.5. The lowest BCUT2D eigenvalue weighted by molar-refractivity contribution is 0.601. The highest BCUT2D eigenvalue weighted by atomic mass is 32.2. The van der Waals surface area contributed by atoms with Gasteiger partial charge in [0.05, 0.1) is 27.3 Å². The average Bonchev–Trinajstić information content (AvgIpc) is 2.75. The van der Waals surface area contributed by atoms with E-state index in [0.29, 0.717) is 16.0 Å². The van der Waals surface area contributed by atoms with Crippen LogP contribution < -0.4 is 4.72 Å². The Balaban J connectivity index is 1.62. The van der Waals surface area contributed by atoms with Crippen molar-refractivity contribution in [1.29, 1.82) is 0 Å². The van der Waals surface area contributed by atoms with Crippen LogP contribution in [0.3, 0.4) is 0 Å². The minimum atomic E-state index is -3.75. The Kier molecular flexibility index (Phi) is 5.34. The van der Waals surface area contributed by atoms with Crippen LogP contribution in [-0.2, 0) is 10.0 Å². The van der Waals surface area contributed by atoms with Gasteiger partial charge in [0.2, 0.25) is 0 Å². The van der Waals surface area contributed by atoms with Crippen LogP contribution in [0.5, 0.6) is 0 Å². The predicted molar refractivity (Wildman–Crippen MR) is 117 cm³/mol. The second kappa shape index (κ2) is 8.09. The molecule has 0 amide bonds. The van der Waals surface area contributed by atoms with Crippen molar-refractivity contribution in [2.75, 3.05) is 4.72 Å². The molecule has 4 aromatic rings. The fourth-order valence-corrected chi connectivity index (χ4v) is 3.91. The minimum Gasteiger partial charge on any atom is -0.263 e. The molecule has 0 saturated heterocycles. The number of anilines is 1. The Morgan fingerprint density at radius 1 is 1.00 bits per heavy atom. The molecule has 0 saturated carbocycles. The Morgan fingerprint density at radius 2 is 1.73 bits per heavy atom. The van der Waals surface area contributed by atoms with Gasteiger partial charge in [-0.2, -0.15) is 0 Å². The zero-order chi connectivity index (χ0) is 21.1. The summed E-state index contributed by atoms with van der Waals surface area (Å²) >= 11 is 5.42. The van der Waals surface area contributed by atoms with E-state index in [4.69, 9.17) is 12.2 Å². The molecule has 4 rings (SSSR count). The van der Waals surface area contributed by atoms with Gasteiger partial charge < -0.3 is 0 Å². The van der Waals surface area contributed by atoms with Gasteiger partial charge in [-0.15, -0.1) is 5.11 Å². The monoisotopic (exact) mass is 436 g/mol. The molecule has 0 aliphatic carbocycles. The highest BCUT2D eigenvalue weighted by Gasteiger charge is 2.14. The van der Waals surface area contributed by atoms with Crippen LogP contribution in [0.4, 0.5) is 11.5 Å². The topological polar surface area (TPSA) is 102 Å². The minimum absolute atomic E-state index is 0.0916. The van der Waals surface area contributed by atoms with E-state index in [-0.39, 0.29) is 10.7 Å². The van der Waals surface area contributed by atoms with Gasteiger partial charge >= 0.3 is 0 Å². The van der Waals surface area contributed by atoms with E-state index < -0.39 is 10.0 Å². The molecule has 0 unspecified atom stereocenters. The number of nitrogens with zero attached hydrogens (tertiary/aromatic N) is 5. The first kappa shape index (κ1) is 19.8. The maximum Gasteiger partial charge on any atom is 0.263 e. The Morgan fingerprint density at radius 3 is 2.47 bits per heavy atom. The van der Waals surface area contributed by atoms with E-state index in [1.165, 1.54) is 18.3 Å². The standard InChI is InChI=1S/C20H16N6O2S2/c1-14-20(29)26(18-7-3-2-6-17(18)22-14)25-23-15-9-11-16(12-10-15)30(27,28)24-19-8-4-5-13-21-19/h2-13H,1H3,(H,21,24). The van der Waals surface area contributed by atoms with Crippen LogP contribution in [0.25, 0.3) is 11.0 Å². The van der Waals surface area contributed by atoms with Crippen molar-refractivity contribution in [3.05, 3.63) is 83.3 Å². The van der Waals surface area contributed by atoms with Gasteiger partial charge in [-0.3, -0.25) is 4.72 Å². The zero-order valence-corrected chi connectivity index (χ0v) is 17.4. The van der Waals surface area contributed by atoms with Gasteiger partial charge in [0.25, 0.3) is 10.0 Å². The number of para-hydroxylation sites is 2. The van der Waals surface area contributed by atoms with E-state index >= 15 is 0 Å². The number of hydrogen-bond donors (Lipinski definition) is 1. The van der Waals surface area contributed by atoms with Crippen LogP contribution in [0.15, 0.2) is 88.2 Å². The van der Waals surface area contributed by atoms with Crippen molar-refractivity contribution in [2.45, 2.75) is 11.8 Å². The van der Waals surface area contributed by atoms with Gasteiger partial charge in [-0.05, 0) is 55.5 Å². The van der Waals surface area contributed by atoms with E-state index in [0.717, 1.165) is 11.0 Å². The molecule has 0 radical (unpaired) electrons. The lowest BCUT2D eigenvalue weighted by Crippen LogP contribution is -2.13. The summed E-state index contributed by atoms with van der Waals surface area (Å²) in [4.78, 5) is 8.52. The third-order valence-corrected chi connectivity index (χ3v) is 6.04. The zero-order valence-electron chi connectivity index (χ0n) is 15.8. The molecule has 150 valence electrons. The third kappa shape index (κ3) is 4.09. The molecule has 2 aromatic heterocycles. The van der Waals surface area contributed by atoms with Crippen molar-refractivity contribution < 1.29 is 8.42 Å². The second-order valence-corrected chi connectivity index (χ2v) is 8.38. The quantitative estimate of drug-likeness (QED) is 0.357. The number of pyridine rings is 1. The van der Waals surface area contributed by atoms with Gasteiger partial charge in [-0.1, -0.05) is 35.6 Å². The summed E-state index contributed by atoms with van der Waals surface area (Å²) in [6.07, 6.45) is 1.51. The molecule has 0 fully saturated rings. The molecule has 0 spiro atoms. The number of fused-ring (bicyclic) bond motifs is 1. The summed E-state index contributed by atoms with van der Waals surface area (Å²) in [6, 6.07) is 18.5. The number of nitrogens with one attached hydrogen (secondary N) is 1. The highest BCUT2D eigenvalue weighted by molar-refractivity contribution is 7.92. The van der Waals surface area contributed by atoms with Gasteiger partial charge in [0, 0.05) is 6.20 Å². The van der Waals surface area contributed by atoms with Crippen molar-refractivity contribution in [3.63, 3.8) is 0 Å². The fraction of sp³-hybridized carbons (Fsp3) is 0.0500. The van der Waals surface area contributed by atoms with E-state index in [1.54, 1.807) is 35.0 Å². The first-order valence-corrected chi connectivity index (χ1v) is 10.8. The number of aryl methyl sites for hydroxylation is 1. The number of rotatable bonds is 5. The van der Waals surface area contributed by atoms with Gasteiger partial charge in [0.15, 0.2) is 4.64 Å². The summed E-state index contributed by atoms with van der Waals surface area (Å²) in [5.74, 6) is 0.246. The molecule has 0 aliphatic rings. The van der Waals surface area contributed by atoms with Crippen LogP contribution >= 0.6 is 12.2 Å². The van der Waals surface area contributed by atoms with Crippen LogP contribution in [0.2, 0.25) is 0 Å². The molecule has 1 N–H and O–H groups in total. The molecule has 0 atom stereocenters. The smallest absolute Gasteiger partial charge is 0.263 e. The molecule has 2 heterocycles. The van der Waals surface area contributed by atoms with E-state index in [2.05, 4.69) is 25.0 Å². The summed E-state index contributed by atoms with van der Waals surface area (Å²) in [5.41, 5.74) is 2.64. The van der Waals surface area contributed by atoms with Crippen LogP contribution in [0, 0.1) is 11.6 Å². The predicted octanol–water partition coefficient (Wildman–Crippen LogP) is 4.82. The molecule has 30 heavy (non-hydrogen) atoms. The molecule has 0 bridgehead atoms. The normalized spacial score (nSPS) is 11.8. The second-order valence-electron chi connectivity index (χ2n) is 6.31. The largest absolute Gasteiger partial charge is 0.263 e. The van der Waals surface area contributed by atoms with Crippen molar-refractivity contribution in [1.82, 2.24) is 14.6 Å². The Labute approximate surface area is 178 Å². The van der Waals surface area contributed by atoms with Crippen LogP contribution in [0.1, 0.15) is 5.69 Å². The maximum atomic E-state index is 12.5. The lowest BCUT2D eigenvalue weighted by Gasteiger charge is -2.07. The molecule has 8 nitrogen and oxygen atoms in total. The summed E-state index contributed by atoms with van der Waals surface area (Å²) in [5, 5.41) is 8.45. The average molecular weight is 437 g/mol. The van der Waals surface area contributed by atoms with Crippen molar-refractivity contribution in [3.8, 4) is 0 Å². The number of hydrogen-bond acceptors (Lipinski definition) is 7. The molecule has 0 aliphatic heterocycles. The molecular weight excluding hydrogens is 420 g/mol. The Hall–Kier alpha value is -3.50. The number of sulfonamides is 1. The third-order valence-electron chi connectivity index (χ3n) is 4.20. The van der Waals surface area contributed by atoms with Crippen LogP contribution in [-0.4, -0.2) is 23.1 Å². The van der Waals surface area contributed by atoms with Crippen molar-refractivity contribution in [2.24, 2.45) is 10.3 Å². The highest BCUT2D eigenvalue weighted by Crippen LogP contribution is 2.20. The fourth-order valence-electron chi connectivity index (χ4n) is 2.73. The molecular formula is C20H16N6O2S2. The Bertz CT molecular complexity index is 1400. The van der Waals surface area contributed by atoms with Gasteiger partial charge in [-0.25, -0.2) is 23.1 Å². The van der Waals surface area contributed by atoms with Gasteiger partial charge in [0.1, 0.15) is 5.82 Å². The molecule has 2 aromatic carbocycles. The summed E-state index contributed by atoms with van der Waals surface area (Å²) < 4.78 is 29.4. The lowest BCUT2D eigenvalue weighted by atomic mass is 10.3. The van der Waals surface area contributed by atoms with E-state index in [1.807, 2.05) is 31.2 Å². The first-order valence-electron chi connectivity index (χ1n) is 8.88. The van der Waals surface area contributed by atoms with Crippen molar-refractivity contribution >= 4 is 44.8 Å². The first-order chi connectivity index (χ1) is 14.4. The number of aromatic nitrogens is 3. The van der Waals surface area contributed by atoms with E-state index in [9.17, 15) is 8.42 Å².